The fourth-order valence-corrected chi connectivity index (χ4v) is 1.64. The highest BCUT2D eigenvalue weighted by atomic mass is 16.6. The van der Waals surface area contributed by atoms with E-state index in [1.807, 2.05) is 65.0 Å². The minimum Gasteiger partial charge on any atom is -0.401 e. The zero-order valence-corrected chi connectivity index (χ0v) is 13.4. The summed E-state index contributed by atoms with van der Waals surface area (Å²) < 4.78 is 5.24. The molecule has 0 aliphatic rings. The van der Waals surface area contributed by atoms with Crippen LogP contribution in [0.25, 0.3) is 0 Å². The summed E-state index contributed by atoms with van der Waals surface area (Å²) >= 11 is 0. The van der Waals surface area contributed by atoms with Gasteiger partial charge < -0.3 is 4.74 Å². The van der Waals surface area contributed by atoms with Gasteiger partial charge in [-0.2, -0.15) is 0 Å². The molecular weight excluding hydrogens is 262 g/mol. The molecule has 3 heteroatoms. The molecule has 0 fully saturated rings. The molecule has 0 aromatic heterocycles. The predicted molar refractivity (Wildman–Crippen MR) is 86.9 cm³/mol. The lowest BCUT2D eigenvalue weighted by Crippen LogP contribution is -2.37. The number of hydrogen-bond acceptors (Lipinski definition) is 2. The van der Waals surface area contributed by atoms with Crippen molar-refractivity contribution in [2.45, 2.75) is 40.7 Å². The van der Waals surface area contributed by atoms with Gasteiger partial charge >= 0.3 is 6.09 Å². The first kappa shape index (κ1) is 16.8. The molecule has 0 saturated heterocycles. The summed E-state index contributed by atoms with van der Waals surface area (Å²) in [6, 6.07) is 9.37. The van der Waals surface area contributed by atoms with Crippen LogP contribution < -0.4 is 4.90 Å². The average molecular weight is 285 g/mol. The third-order valence-corrected chi connectivity index (χ3v) is 2.53. The molecule has 0 atom stereocenters. The van der Waals surface area contributed by atoms with Gasteiger partial charge in [0.2, 0.25) is 0 Å². The van der Waals surface area contributed by atoms with Gasteiger partial charge in [0.15, 0.2) is 5.76 Å². The number of rotatable bonds is 3. The van der Waals surface area contributed by atoms with Crippen molar-refractivity contribution in [3.05, 3.63) is 42.7 Å². The van der Waals surface area contributed by atoms with Crippen LogP contribution in [0, 0.1) is 17.3 Å². The van der Waals surface area contributed by atoms with Crippen LogP contribution in [0.2, 0.25) is 0 Å². The quantitative estimate of drug-likeness (QED) is 0.600. The molecule has 1 rings (SSSR count). The van der Waals surface area contributed by atoms with Crippen molar-refractivity contribution in [1.29, 1.82) is 0 Å². The third kappa shape index (κ3) is 5.74. The lowest BCUT2D eigenvalue weighted by molar-refractivity contribution is 0.186. The summed E-state index contributed by atoms with van der Waals surface area (Å²) in [5.74, 6) is 5.94. The maximum Gasteiger partial charge on any atom is 0.420 e. The number of amides is 1. The maximum atomic E-state index is 12.3. The van der Waals surface area contributed by atoms with E-state index < -0.39 is 6.09 Å². The van der Waals surface area contributed by atoms with E-state index in [4.69, 9.17) is 4.74 Å². The predicted octanol–water partition coefficient (Wildman–Crippen LogP) is 4.60. The number of nitrogens with zero attached hydrogens (tertiary/aromatic N) is 1. The number of para-hydroxylation sites is 1. The van der Waals surface area contributed by atoms with Gasteiger partial charge in [0.05, 0.1) is 0 Å². The van der Waals surface area contributed by atoms with Gasteiger partial charge in [-0.15, -0.1) is 0 Å². The van der Waals surface area contributed by atoms with Crippen molar-refractivity contribution in [3.63, 3.8) is 0 Å². The summed E-state index contributed by atoms with van der Waals surface area (Å²) in [6.45, 7) is 13.5. The number of ether oxygens (including phenoxy) is 1. The second kappa shape index (κ2) is 6.99. The number of allylic oxidation sites excluding steroid dienone is 1. The van der Waals surface area contributed by atoms with Gasteiger partial charge in [0.25, 0.3) is 0 Å². The lowest BCUT2D eigenvalue weighted by Gasteiger charge is -2.25. The molecule has 0 aliphatic heterocycles. The van der Waals surface area contributed by atoms with Gasteiger partial charge in [-0.25, -0.2) is 4.79 Å². The van der Waals surface area contributed by atoms with E-state index in [9.17, 15) is 4.79 Å². The molecule has 1 aromatic carbocycles. The van der Waals surface area contributed by atoms with E-state index >= 15 is 0 Å². The van der Waals surface area contributed by atoms with Crippen molar-refractivity contribution in [2.24, 2.45) is 5.41 Å². The number of carbonyl (C=O) groups is 1. The number of carbonyl (C=O) groups excluding carboxylic acids is 1. The molecule has 1 amide bonds. The Morgan fingerprint density at radius 1 is 1.24 bits per heavy atom. The van der Waals surface area contributed by atoms with Crippen molar-refractivity contribution >= 4 is 11.8 Å². The van der Waals surface area contributed by atoms with Gasteiger partial charge in [-0.3, -0.25) is 4.90 Å². The smallest absolute Gasteiger partial charge is 0.401 e. The zero-order valence-electron chi connectivity index (χ0n) is 13.4. The Morgan fingerprint density at radius 3 is 2.29 bits per heavy atom. The summed E-state index contributed by atoms with van der Waals surface area (Å²) in [4.78, 5) is 13.9. The van der Waals surface area contributed by atoms with E-state index in [0.717, 1.165) is 5.69 Å². The van der Waals surface area contributed by atoms with Crippen LogP contribution in [0.1, 0.15) is 34.6 Å². The molecule has 112 valence electrons. The Balaban J connectivity index is 2.84. The fourth-order valence-electron chi connectivity index (χ4n) is 1.64. The van der Waals surface area contributed by atoms with Gasteiger partial charge in [0, 0.05) is 17.1 Å². The van der Waals surface area contributed by atoms with E-state index in [0.29, 0.717) is 0 Å². The number of anilines is 1. The van der Waals surface area contributed by atoms with E-state index in [1.165, 1.54) is 0 Å². The molecule has 0 heterocycles. The summed E-state index contributed by atoms with van der Waals surface area (Å²) in [7, 11) is 0. The molecular formula is C18H23NO2. The normalized spacial score (nSPS) is 10.6. The molecule has 1 aromatic rings. The van der Waals surface area contributed by atoms with Crippen LogP contribution in [-0.4, -0.2) is 12.1 Å². The van der Waals surface area contributed by atoms with Crippen molar-refractivity contribution in [2.75, 3.05) is 4.90 Å². The summed E-state index contributed by atoms with van der Waals surface area (Å²) in [5, 5.41) is 0. The summed E-state index contributed by atoms with van der Waals surface area (Å²) in [5.41, 5.74) is 0.626. The minimum atomic E-state index is -0.468. The molecule has 0 unspecified atom stereocenters. The monoisotopic (exact) mass is 285 g/mol. The molecule has 0 N–H and O–H groups in total. The minimum absolute atomic E-state index is 0.0247. The van der Waals surface area contributed by atoms with Gasteiger partial charge in [-0.05, 0) is 59.3 Å². The Kier molecular flexibility index (Phi) is 5.60. The first-order valence-corrected chi connectivity index (χ1v) is 6.99. The maximum absolute atomic E-state index is 12.3. The van der Waals surface area contributed by atoms with Gasteiger partial charge in [-0.1, -0.05) is 24.1 Å². The highest BCUT2D eigenvalue weighted by Crippen LogP contribution is 2.18. The molecule has 0 bridgehead atoms. The highest BCUT2D eigenvalue weighted by Gasteiger charge is 2.21. The standard InChI is InChI=1S/C18H23NO2/c1-14(2)19(16-10-8-7-9-11-16)17(20)21-15(3)12-13-18(4,5)6/h7-11,14H,3H2,1-2,4-6H3. The largest absolute Gasteiger partial charge is 0.420 e. The van der Waals surface area contributed by atoms with E-state index in [-0.39, 0.29) is 17.2 Å². The molecule has 0 radical (unpaired) electrons. The fraction of sp³-hybridized carbons (Fsp3) is 0.389. The van der Waals surface area contributed by atoms with Crippen molar-refractivity contribution in [3.8, 4) is 11.8 Å². The molecule has 21 heavy (non-hydrogen) atoms. The molecule has 0 saturated carbocycles. The Labute approximate surface area is 127 Å². The van der Waals surface area contributed by atoms with E-state index in [1.54, 1.807) is 4.90 Å². The molecule has 0 spiro atoms. The average Bonchev–Trinajstić information content (AvgIpc) is 2.36. The van der Waals surface area contributed by atoms with Crippen molar-refractivity contribution in [1.82, 2.24) is 0 Å². The first-order valence-electron chi connectivity index (χ1n) is 6.99. The van der Waals surface area contributed by atoms with Crippen LogP contribution in [0.3, 0.4) is 0 Å². The van der Waals surface area contributed by atoms with Crippen molar-refractivity contribution < 1.29 is 9.53 Å². The molecule has 3 nitrogen and oxygen atoms in total. The second-order valence-corrected chi connectivity index (χ2v) is 6.09. The second-order valence-electron chi connectivity index (χ2n) is 6.09. The molecule has 0 aliphatic carbocycles. The van der Waals surface area contributed by atoms with Crippen LogP contribution >= 0.6 is 0 Å². The van der Waals surface area contributed by atoms with E-state index in [2.05, 4.69) is 18.4 Å². The Bertz CT molecular complexity index is 556. The Hall–Kier alpha value is -2.21. The van der Waals surface area contributed by atoms with Crippen LogP contribution in [0.5, 0.6) is 0 Å². The van der Waals surface area contributed by atoms with Gasteiger partial charge in [0.1, 0.15) is 0 Å². The van der Waals surface area contributed by atoms with Crippen LogP contribution in [0.4, 0.5) is 10.5 Å². The van der Waals surface area contributed by atoms with Crippen LogP contribution in [-0.2, 0) is 4.74 Å². The first-order chi connectivity index (χ1) is 9.70. The third-order valence-electron chi connectivity index (χ3n) is 2.53. The Morgan fingerprint density at radius 2 is 1.81 bits per heavy atom. The van der Waals surface area contributed by atoms with Crippen LogP contribution in [0.15, 0.2) is 42.7 Å². The lowest BCUT2D eigenvalue weighted by atomic mass is 9.98. The summed E-state index contributed by atoms with van der Waals surface area (Å²) in [6.07, 6.45) is -0.468. The topological polar surface area (TPSA) is 29.5 Å². The zero-order chi connectivity index (χ0) is 16.0. The number of hydrogen-bond donors (Lipinski definition) is 0. The SMILES string of the molecule is C=C(C#CC(C)(C)C)OC(=O)N(c1ccccc1)C(C)C. The number of benzene rings is 1. The highest BCUT2D eigenvalue weighted by molar-refractivity contribution is 5.89.